The molecule has 1 saturated heterocycles. The number of hydrogen-bond donors (Lipinski definition) is 1. The highest BCUT2D eigenvalue weighted by atomic mass is 32.2. The van der Waals surface area contributed by atoms with Crippen molar-refractivity contribution >= 4 is 27.0 Å². The molecule has 1 aliphatic rings. The smallest absolute Gasteiger partial charge is 0.152 e. The second-order valence-electron chi connectivity index (χ2n) is 5.27. The SMILES string of the molecule is Cc1ccc(-c2nn(C3CCS(=O)(=O)C3)c(N)c2C)s1. The van der Waals surface area contributed by atoms with E-state index in [1.54, 1.807) is 16.0 Å². The first kappa shape index (κ1) is 13.6. The lowest BCUT2D eigenvalue weighted by Crippen LogP contribution is -2.14. The summed E-state index contributed by atoms with van der Waals surface area (Å²) in [6, 6.07) is 3.95. The van der Waals surface area contributed by atoms with Gasteiger partial charge < -0.3 is 5.73 Å². The minimum atomic E-state index is -2.94. The average Bonchev–Trinajstić information content (AvgIpc) is 3.01. The first-order chi connectivity index (χ1) is 9.37. The third-order valence-electron chi connectivity index (χ3n) is 3.72. The second kappa shape index (κ2) is 4.60. The predicted octanol–water partition coefficient (Wildman–Crippen LogP) is 2.17. The van der Waals surface area contributed by atoms with Crippen LogP contribution in [0.5, 0.6) is 0 Å². The molecule has 108 valence electrons. The van der Waals surface area contributed by atoms with Gasteiger partial charge >= 0.3 is 0 Å². The number of aryl methyl sites for hydroxylation is 1. The lowest BCUT2D eigenvalue weighted by molar-refractivity contribution is 0.508. The van der Waals surface area contributed by atoms with Gasteiger partial charge in [0.15, 0.2) is 9.84 Å². The number of nitrogen functional groups attached to an aromatic ring is 1. The van der Waals surface area contributed by atoms with Crippen molar-refractivity contribution in [2.75, 3.05) is 17.2 Å². The van der Waals surface area contributed by atoms with Gasteiger partial charge in [0.2, 0.25) is 0 Å². The fourth-order valence-electron chi connectivity index (χ4n) is 2.57. The van der Waals surface area contributed by atoms with E-state index in [9.17, 15) is 8.42 Å². The molecule has 7 heteroatoms. The highest BCUT2D eigenvalue weighted by molar-refractivity contribution is 7.91. The molecule has 0 aromatic carbocycles. The van der Waals surface area contributed by atoms with Crippen LogP contribution < -0.4 is 5.73 Å². The van der Waals surface area contributed by atoms with Crippen molar-refractivity contribution in [3.05, 3.63) is 22.6 Å². The minimum Gasteiger partial charge on any atom is -0.384 e. The molecule has 1 fully saturated rings. The zero-order valence-electron chi connectivity index (χ0n) is 11.5. The highest BCUT2D eigenvalue weighted by Crippen LogP contribution is 2.35. The Balaban J connectivity index is 2.02. The van der Waals surface area contributed by atoms with Crippen molar-refractivity contribution in [2.24, 2.45) is 0 Å². The molecule has 2 aromatic rings. The number of sulfone groups is 1. The molecule has 0 amide bonds. The summed E-state index contributed by atoms with van der Waals surface area (Å²) >= 11 is 1.67. The van der Waals surface area contributed by atoms with Gasteiger partial charge in [-0.15, -0.1) is 11.3 Å². The topological polar surface area (TPSA) is 78.0 Å². The van der Waals surface area contributed by atoms with Crippen LogP contribution in [-0.4, -0.2) is 29.7 Å². The van der Waals surface area contributed by atoms with Crippen LogP contribution in [-0.2, 0) is 9.84 Å². The average molecular weight is 311 g/mol. The second-order valence-corrected chi connectivity index (χ2v) is 8.79. The molecule has 0 radical (unpaired) electrons. The number of nitrogens with zero attached hydrogens (tertiary/aromatic N) is 2. The Labute approximate surface area is 122 Å². The van der Waals surface area contributed by atoms with E-state index in [1.807, 2.05) is 19.9 Å². The predicted molar refractivity (Wildman–Crippen MR) is 81.7 cm³/mol. The number of hydrogen-bond acceptors (Lipinski definition) is 5. The number of anilines is 1. The normalized spacial score (nSPS) is 21.4. The van der Waals surface area contributed by atoms with Crippen LogP contribution >= 0.6 is 11.3 Å². The van der Waals surface area contributed by atoms with E-state index in [0.29, 0.717) is 12.2 Å². The van der Waals surface area contributed by atoms with E-state index in [1.165, 1.54) is 4.88 Å². The van der Waals surface area contributed by atoms with Crippen molar-refractivity contribution in [1.82, 2.24) is 9.78 Å². The van der Waals surface area contributed by atoms with Crippen LogP contribution in [0.25, 0.3) is 10.6 Å². The molecule has 0 spiro atoms. The zero-order valence-corrected chi connectivity index (χ0v) is 13.1. The fraction of sp³-hybridized carbons (Fsp3) is 0.462. The van der Waals surface area contributed by atoms with Crippen LogP contribution in [0.1, 0.15) is 22.9 Å². The molecule has 2 aromatic heterocycles. The van der Waals surface area contributed by atoms with E-state index in [0.717, 1.165) is 16.1 Å². The van der Waals surface area contributed by atoms with Gasteiger partial charge in [0.1, 0.15) is 11.5 Å². The standard InChI is InChI=1S/C13H17N3O2S2/c1-8-3-4-11(19-8)12-9(2)13(14)16(15-12)10-5-6-20(17,18)7-10/h3-4,10H,5-7,14H2,1-2H3. The lowest BCUT2D eigenvalue weighted by atomic mass is 10.2. The summed E-state index contributed by atoms with van der Waals surface area (Å²) in [5, 5.41) is 4.58. The third kappa shape index (κ3) is 2.25. The molecule has 1 atom stereocenters. The minimum absolute atomic E-state index is 0.131. The molecule has 0 saturated carbocycles. The van der Waals surface area contributed by atoms with Gasteiger partial charge in [0, 0.05) is 10.4 Å². The molecule has 2 N–H and O–H groups in total. The van der Waals surface area contributed by atoms with Crippen molar-refractivity contribution in [3.8, 4) is 10.6 Å². The Hall–Kier alpha value is -1.34. The van der Waals surface area contributed by atoms with E-state index in [-0.39, 0.29) is 17.5 Å². The van der Waals surface area contributed by atoms with Crippen molar-refractivity contribution in [2.45, 2.75) is 26.3 Å². The quantitative estimate of drug-likeness (QED) is 0.922. The first-order valence-electron chi connectivity index (χ1n) is 6.49. The monoisotopic (exact) mass is 311 g/mol. The molecule has 20 heavy (non-hydrogen) atoms. The molecule has 5 nitrogen and oxygen atoms in total. The number of nitrogens with two attached hydrogens (primary N) is 1. The van der Waals surface area contributed by atoms with Crippen LogP contribution in [0.3, 0.4) is 0 Å². The Morgan fingerprint density at radius 2 is 2.15 bits per heavy atom. The summed E-state index contributed by atoms with van der Waals surface area (Å²) in [5.41, 5.74) is 7.92. The summed E-state index contributed by atoms with van der Waals surface area (Å²) in [7, 11) is -2.94. The maximum Gasteiger partial charge on any atom is 0.152 e. The fourth-order valence-corrected chi connectivity index (χ4v) is 5.17. The molecule has 0 bridgehead atoms. The Bertz CT molecular complexity index is 759. The van der Waals surface area contributed by atoms with Gasteiger partial charge in [0.05, 0.1) is 22.4 Å². The molecule has 1 aliphatic heterocycles. The van der Waals surface area contributed by atoms with Gasteiger partial charge in [-0.05, 0) is 32.4 Å². The van der Waals surface area contributed by atoms with Gasteiger partial charge in [-0.2, -0.15) is 5.10 Å². The Morgan fingerprint density at radius 3 is 2.70 bits per heavy atom. The van der Waals surface area contributed by atoms with E-state index in [4.69, 9.17) is 5.73 Å². The van der Waals surface area contributed by atoms with Crippen molar-refractivity contribution < 1.29 is 8.42 Å². The molecular formula is C13H17N3O2S2. The maximum atomic E-state index is 11.6. The summed E-state index contributed by atoms with van der Waals surface area (Å²) in [4.78, 5) is 2.29. The molecule has 3 heterocycles. The van der Waals surface area contributed by atoms with Gasteiger partial charge in [-0.1, -0.05) is 0 Å². The van der Waals surface area contributed by atoms with Crippen molar-refractivity contribution in [3.63, 3.8) is 0 Å². The van der Waals surface area contributed by atoms with E-state index < -0.39 is 9.84 Å². The van der Waals surface area contributed by atoms with E-state index in [2.05, 4.69) is 11.2 Å². The van der Waals surface area contributed by atoms with Gasteiger partial charge in [0.25, 0.3) is 0 Å². The van der Waals surface area contributed by atoms with Gasteiger partial charge in [-0.25, -0.2) is 13.1 Å². The van der Waals surface area contributed by atoms with Crippen molar-refractivity contribution in [1.29, 1.82) is 0 Å². The van der Waals surface area contributed by atoms with Crippen LogP contribution in [0.15, 0.2) is 12.1 Å². The summed E-state index contributed by atoms with van der Waals surface area (Å²) in [6.07, 6.45) is 0.594. The zero-order chi connectivity index (χ0) is 14.5. The Morgan fingerprint density at radius 1 is 1.40 bits per heavy atom. The molecule has 1 unspecified atom stereocenters. The number of thiophene rings is 1. The summed E-state index contributed by atoms with van der Waals surface area (Å²) < 4.78 is 24.9. The lowest BCUT2D eigenvalue weighted by Gasteiger charge is -2.10. The Kier molecular flexibility index (Phi) is 3.13. The number of rotatable bonds is 2. The highest BCUT2D eigenvalue weighted by Gasteiger charge is 2.32. The summed E-state index contributed by atoms with van der Waals surface area (Å²) in [5.74, 6) is 0.943. The van der Waals surface area contributed by atoms with Gasteiger partial charge in [-0.3, -0.25) is 0 Å². The first-order valence-corrected chi connectivity index (χ1v) is 9.13. The van der Waals surface area contributed by atoms with E-state index >= 15 is 0 Å². The largest absolute Gasteiger partial charge is 0.384 e. The third-order valence-corrected chi connectivity index (χ3v) is 6.48. The number of aromatic nitrogens is 2. The van der Waals surface area contributed by atoms with Crippen LogP contribution in [0.4, 0.5) is 5.82 Å². The van der Waals surface area contributed by atoms with Crippen LogP contribution in [0.2, 0.25) is 0 Å². The molecular weight excluding hydrogens is 294 g/mol. The maximum absolute atomic E-state index is 11.6. The summed E-state index contributed by atoms with van der Waals surface area (Å²) in [6.45, 7) is 3.99. The van der Waals surface area contributed by atoms with Crippen LogP contribution in [0, 0.1) is 13.8 Å². The molecule has 3 rings (SSSR count). The molecule has 0 aliphatic carbocycles.